The van der Waals surface area contributed by atoms with Crippen LogP contribution in [-0.2, 0) is 26.5 Å². The molecule has 1 saturated heterocycles. The summed E-state index contributed by atoms with van der Waals surface area (Å²) in [6, 6.07) is 15.2. The second kappa shape index (κ2) is 9.51. The molecule has 3 heterocycles. The van der Waals surface area contributed by atoms with Crippen LogP contribution in [0.3, 0.4) is 0 Å². The lowest BCUT2D eigenvalue weighted by Gasteiger charge is -2.28. The van der Waals surface area contributed by atoms with Crippen molar-refractivity contribution in [3.63, 3.8) is 0 Å². The predicted octanol–water partition coefficient (Wildman–Crippen LogP) is 3.53. The molecule has 0 bridgehead atoms. The smallest absolute Gasteiger partial charge is 0.277 e. The number of benzene rings is 2. The number of aromatic nitrogens is 2. The van der Waals surface area contributed by atoms with E-state index in [0.717, 1.165) is 50.7 Å². The Morgan fingerprint density at radius 2 is 1.64 bits per heavy atom. The van der Waals surface area contributed by atoms with Crippen LogP contribution in [0.15, 0.2) is 53.6 Å². The second-order valence-electron chi connectivity index (χ2n) is 10.8. The maximum atomic E-state index is 13.9. The summed E-state index contributed by atoms with van der Waals surface area (Å²) in [5.41, 5.74) is 3.43. The van der Waals surface area contributed by atoms with Crippen molar-refractivity contribution in [1.82, 2.24) is 14.7 Å². The number of methoxy groups -OCH3 is 1. The highest BCUT2D eigenvalue weighted by Crippen LogP contribution is 2.51. The molecule has 3 aliphatic rings. The van der Waals surface area contributed by atoms with Gasteiger partial charge in [0.25, 0.3) is 5.91 Å². The summed E-state index contributed by atoms with van der Waals surface area (Å²) in [5, 5.41) is 4.34. The summed E-state index contributed by atoms with van der Waals surface area (Å²) >= 11 is 0. The number of likely N-dealkylation sites (tertiary alicyclic amines) is 1. The first-order valence-corrected chi connectivity index (χ1v) is 15.3. The number of fused-ring (bicyclic) bond motifs is 1. The Balaban J connectivity index is 1.27. The number of carbonyl (C=O) groups excluding carboxylic acids is 2. The van der Waals surface area contributed by atoms with Gasteiger partial charge in [-0.15, -0.1) is 0 Å². The number of anilines is 1. The van der Waals surface area contributed by atoms with Crippen molar-refractivity contribution in [3.8, 4) is 11.4 Å². The minimum absolute atomic E-state index is 0.0520. The van der Waals surface area contributed by atoms with E-state index in [1.54, 1.807) is 36.3 Å². The van der Waals surface area contributed by atoms with Crippen molar-refractivity contribution < 1.29 is 22.7 Å². The number of carbonyl (C=O) groups is 2. The third-order valence-corrected chi connectivity index (χ3v) is 9.36. The van der Waals surface area contributed by atoms with Gasteiger partial charge in [0.15, 0.2) is 14.9 Å². The van der Waals surface area contributed by atoms with Gasteiger partial charge in [0, 0.05) is 43.6 Å². The lowest BCUT2D eigenvalue weighted by Crippen LogP contribution is -2.39. The van der Waals surface area contributed by atoms with Crippen molar-refractivity contribution in [3.05, 3.63) is 65.4 Å². The molecule has 2 fully saturated rings. The van der Waals surface area contributed by atoms with Gasteiger partial charge in [0.05, 0.1) is 12.8 Å². The van der Waals surface area contributed by atoms with Gasteiger partial charge in [-0.05, 0) is 79.5 Å². The lowest BCUT2D eigenvalue weighted by atomic mass is 9.92. The highest BCUT2D eigenvalue weighted by atomic mass is 32.2. The number of amides is 2. The van der Waals surface area contributed by atoms with Gasteiger partial charge >= 0.3 is 0 Å². The van der Waals surface area contributed by atoms with E-state index < -0.39 is 9.84 Å². The molecule has 9 nitrogen and oxygen atoms in total. The zero-order chi connectivity index (χ0) is 27.4. The Hall–Kier alpha value is -3.66. The molecule has 2 aromatic carbocycles. The van der Waals surface area contributed by atoms with Crippen molar-refractivity contribution in [2.75, 3.05) is 37.9 Å². The summed E-state index contributed by atoms with van der Waals surface area (Å²) in [6.07, 6.45) is 6.29. The van der Waals surface area contributed by atoms with E-state index in [4.69, 9.17) is 4.74 Å². The number of nitrogens with zero attached hydrogens (tertiary/aromatic N) is 4. The van der Waals surface area contributed by atoms with Gasteiger partial charge in [-0.25, -0.2) is 13.1 Å². The first-order valence-electron chi connectivity index (χ1n) is 13.4. The fraction of sp³-hybridized carbons (Fsp3) is 0.414. The van der Waals surface area contributed by atoms with Gasteiger partial charge in [0.1, 0.15) is 11.4 Å². The average Bonchev–Trinajstić information content (AvgIpc) is 3.43. The minimum atomic E-state index is -3.63. The van der Waals surface area contributed by atoms with Gasteiger partial charge in [-0.3, -0.25) is 9.59 Å². The largest absolute Gasteiger partial charge is 0.497 e. The highest BCUT2D eigenvalue weighted by Gasteiger charge is 2.44. The Bertz CT molecular complexity index is 1540. The molecule has 0 unspecified atom stereocenters. The normalized spacial score (nSPS) is 18.4. The van der Waals surface area contributed by atoms with E-state index in [2.05, 4.69) is 17.2 Å². The fourth-order valence-corrected chi connectivity index (χ4v) is 6.78. The lowest BCUT2D eigenvalue weighted by molar-refractivity contribution is -0.127. The monoisotopic (exact) mass is 548 g/mol. The average molecular weight is 549 g/mol. The van der Waals surface area contributed by atoms with E-state index in [-0.39, 0.29) is 27.9 Å². The molecule has 1 aliphatic carbocycles. The zero-order valence-corrected chi connectivity index (χ0v) is 23.0. The van der Waals surface area contributed by atoms with Gasteiger partial charge in [0.2, 0.25) is 5.91 Å². The molecular formula is C29H32N4O5S. The molecule has 2 aliphatic heterocycles. The summed E-state index contributed by atoms with van der Waals surface area (Å²) in [6.45, 7) is 2.03. The summed E-state index contributed by atoms with van der Waals surface area (Å²) < 4.78 is 31.8. The topological polar surface area (TPSA) is 102 Å². The van der Waals surface area contributed by atoms with Crippen LogP contribution in [0, 0.1) is 0 Å². The Kier molecular flexibility index (Phi) is 6.25. The van der Waals surface area contributed by atoms with Crippen molar-refractivity contribution in [2.45, 2.75) is 49.0 Å². The first-order chi connectivity index (χ1) is 18.7. The number of hydrogen-bond acceptors (Lipinski definition) is 6. The molecule has 6 rings (SSSR count). The number of sulfone groups is 1. The van der Waals surface area contributed by atoms with E-state index in [0.29, 0.717) is 36.4 Å². The standard InChI is InChI=1S/C29H32N4O5S/c1-38-23-11-9-22(10-12-23)33-26-24(27(30-33)39(2,36)37)13-18-32(28(26)35)21-7-5-20(6-8-21)29(14-15-29)16-19-31-17-3-4-25(31)34/h5-12H,3-4,13-19H2,1-2H3. The molecular weight excluding hydrogens is 516 g/mol. The van der Waals surface area contributed by atoms with Crippen LogP contribution in [0.5, 0.6) is 5.75 Å². The molecule has 204 valence electrons. The maximum Gasteiger partial charge on any atom is 0.277 e. The molecule has 0 N–H and O–H groups in total. The molecule has 0 radical (unpaired) electrons. The fourth-order valence-electron chi connectivity index (χ4n) is 5.90. The van der Waals surface area contributed by atoms with Gasteiger partial charge < -0.3 is 14.5 Å². The molecule has 0 atom stereocenters. The first kappa shape index (κ1) is 25.6. The van der Waals surface area contributed by atoms with Crippen molar-refractivity contribution in [1.29, 1.82) is 0 Å². The van der Waals surface area contributed by atoms with Crippen LogP contribution in [0.1, 0.15) is 53.7 Å². The number of rotatable bonds is 8. The molecule has 1 aromatic heterocycles. The van der Waals surface area contributed by atoms with E-state index in [1.165, 1.54) is 10.2 Å². The third-order valence-electron chi connectivity index (χ3n) is 8.32. The van der Waals surface area contributed by atoms with Crippen molar-refractivity contribution >= 4 is 27.3 Å². The minimum Gasteiger partial charge on any atom is -0.497 e. The van der Waals surface area contributed by atoms with Crippen molar-refractivity contribution in [2.24, 2.45) is 0 Å². The van der Waals surface area contributed by atoms with Crippen LogP contribution < -0.4 is 9.64 Å². The van der Waals surface area contributed by atoms with Crippen LogP contribution in [0.4, 0.5) is 5.69 Å². The van der Waals surface area contributed by atoms with Crippen LogP contribution >= 0.6 is 0 Å². The molecule has 2 amide bonds. The quantitative estimate of drug-likeness (QED) is 0.427. The molecule has 0 spiro atoms. The number of ether oxygens (including phenoxy) is 1. The zero-order valence-electron chi connectivity index (χ0n) is 22.2. The Morgan fingerprint density at radius 1 is 0.949 bits per heavy atom. The van der Waals surface area contributed by atoms with Gasteiger partial charge in [-0.2, -0.15) is 5.10 Å². The molecule has 1 saturated carbocycles. The Morgan fingerprint density at radius 3 is 2.23 bits per heavy atom. The Labute approximate surface area is 228 Å². The SMILES string of the molecule is COc1ccc(-n2nc(S(C)(=O)=O)c3c2C(=O)N(c2ccc(C4(CCN5CCCC5=O)CC4)cc2)CC3)cc1. The maximum absolute atomic E-state index is 13.9. The summed E-state index contributed by atoms with van der Waals surface area (Å²) in [5.74, 6) is 0.629. The van der Waals surface area contributed by atoms with E-state index in [9.17, 15) is 18.0 Å². The summed E-state index contributed by atoms with van der Waals surface area (Å²) in [7, 11) is -2.06. The number of hydrogen-bond donors (Lipinski definition) is 0. The molecule has 3 aromatic rings. The van der Waals surface area contributed by atoms with Gasteiger partial charge in [-0.1, -0.05) is 12.1 Å². The third kappa shape index (κ3) is 4.60. The van der Waals surface area contributed by atoms with Crippen LogP contribution in [0.25, 0.3) is 5.69 Å². The predicted molar refractivity (Wildman–Crippen MR) is 146 cm³/mol. The van der Waals surface area contributed by atoms with Crippen LogP contribution in [0.2, 0.25) is 0 Å². The van der Waals surface area contributed by atoms with E-state index >= 15 is 0 Å². The molecule has 10 heteroatoms. The van der Waals surface area contributed by atoms with Crippen LogP contribution in [-0.4, -0.2) is 67.9 Å². The summed E-state index contributed by atoms with van der Waals surface area (Å²) in [4.78, 5) is 29.6. The second-order valence-corrected chi connectivity index (χ2v) is 12.7. The molecule has 39 heavy (non-hydrogen) atoms. The highest BCUT2D eigenvalue weighted by molar-refractivity contribution is 7.90. The van der Waals surface area contributed by atoms with E-state index in [1.807, 2.05) is 17.0 Å².